The molecule has 0 aliphatic heterocycles. The van der Waals surface area contributed by atoms with Crippen LogP contribution >= 0.6 is 0 Å². The van der Waals surface area contributed by atoms with E-state index in [-0.39, 0.29) is 5.82 Å². The van der Waals surface area contributed by atoms with Crippen LogP contribution in [0.1, 0.15) is 13.8 Å². The number of hydrogen-bond donors (Lipinski definition) is 1. The van der Waals surface area contributed by atoms with Gasteiger partial charge in [0.2, 0.25) is 0 Å². The van der Waals surface area contributed by atoms with E-state index in [9.17, 15) is 4.39 Å². The largest absolute Gasteiger partial charge is 0.497 e. The van der Waals surface area contributed by atoms with Gasteiger partial charge >= 0.3 is 0 Å². The third kappa shape index (κ3) is 2.91. The summed E-state index contributed by atoms with van der Waals surface area (Å²) < 4.78 is 18.2. The average Bonchev–Trinajstić information content (AvgIpc) is 2.16. The normalized spacial score (nSPS) is 10.4. The molecule has 0 amide bonds. The molecule has 1 rings (SSSR count). The highest BCUT2D eigenvalue weighted by atomic mass is 19.1. The number of nitrogens with one attached hydrogen (secondary N) is 1. The second-order valence-electron chi connectivity index (χ2n) is 3.62. The van der Waals surface area contributed by atoms with Crippen molar-refractivity contribution in [2.45, 2.75) is 13.8 Å². The molecule has 1 aromatic carbocycles. The van der Waals surface area contributed by atoms with Gasteiger partial charge in [-0.15, -0.1) is 0 Å². The predicted octanol–water partition coefficient (Wildman–Crippen LogP) is 2.90. The summed E-state index contributed by atoms with van der Waals surface area (Å²) in [5.41, 5.74) is 0.498. The molecule has 3 heteroatoms. The Morgan fingerprint density at radius 1 is 1.43 bits per heavy atom. The van der Waals surface area contributed by atoms with Crippen molar-refractivity contribution in [2.75, 3.05) is 19.0 Å². The van der Waals surface area contributed by atoms with Crippen LogP contribution in [-0.2, 0) is 0 Å². The van der Waals surface area contributed by atoms with Crippen LogP contribution in [0.4, 0.5) is 10.1 Å². The number of anilines is 1. The first-order valence-electron chi connectivity index (χ1n) is 4.71. The molecule has 2 nitrogen and oxygen atoms in total. The van der Waals surface area contributed by atoms with E-state index >= 15 is 0 Å². The van der Waals surface area contributed by atoms with Gasteiger partial charge in [-0.3, -0.25) is 0 Å². The number of ether oxygens (including phenoxy) is 1. The van der Waals surface area contributed by atoms with Crippen LogP contribution in [0.5, 0.6) is 5.75 Å². The van der Waals surface area contributed by atoms with Crippen molar-refractivity contribution in [1.29, 1.82) is 0 Å². The molecule has 0 aliphatic rings. The Morgan fingerprint density at radius 2 is 2.14 bits per heavy atom. The molecule has 0 heterocycles. The van der Waals surface area contributed by atoms with E-state index in [1.807, 2.05) is 0 Å². The van der Waals surface area contributed by atoms with Gasteiger partial charge in [-0.05, 0) is 18.1 Å². The van der Waals surface area contributed by atoms with Gasteiger partial charge in [0, 0.05) is 12.6 Å². The van der Waals surface area contributed by atoms with Crippen molar-refractivity contribution < 1.29 is 9.13 Å². The van der Waals surface area contributed by atoms with Crippen LogP contribution in [-0.4, -0.2) is 13.7 Å². The zero-order valence-corrected chi connectivity index (χ0v) is 8.80. The first-order chi connectivity index (χ1) is 6.63. The van der Waals surface area contributed by atoms with Crippen LogP contribution in [0.3, 0.4) is 0 Å². The fourth-order valence-electron chi connectivity index (χ4n) is 1.08. The van der Waals surface area contributed by atoms with E-state index in [2.05, 4.69) is 19.2 Å². The molecule has 0 aliphatic carbocycles. The molecule has 0 fully saturated rings. The topological polar surface area (TPSA) is 21.3 Å². The molecule has 1 aromatic rings. The lowest BCUT2D eigenvalue weighted by Crippen LogP contribution is -2.09. The molecule has 1 N–H and O–H groups in total. The van der Waals surface area contributed by atoms with Crippen molar-refractivity contribution >= 4 is 5.69 Å². The fourth-order valence-corrected chi connectivity index (χ4v) is 1.08. The monoisotopic (exact) mass is 197 g/mol. The van der Waals surface area contributed by atoms with Gasteiger partial charge in [-0.1, -0.05) is 13.8 Å². The summed E-state index contributed by atoms with van der Waals surface area (Å²) in [6, 6.07) is 4.68. The second kappa shape index (κ2) is 4.84. The van der Waals surface area contributed by atoms with Crippen LogP contribution in [0, 0.1) is 11.7 Å². The van der Waals surface area contributed by atoms with Gasteiger partial charge in [0.1, 0.15) is 11.6 Å². The maximum Gasteiger partial charge on any atom is 0.146 e. The quantitative estimate of drug-likeness (QED) is 0.801. The summed E-state index contributed by atoms with van der Waals surface area (Å²) in [6.45, 7) is 4.90. The zero-order chi connectivity index (χ0) is 10.6. The van der Waals surface area contributed by atoms with Gasteiger partial charge in [-0.25, -0.2) is 4.39 Å². The Morgan fingerprint density at radius 3 is 2.71 bits per heavy atom. The Bertz CT molecular complexity index is 299. The fraction of sp³-hybridized carbons (Fsp3) is 0.455. The number of benzene rings is 1. The summed E-state index contributed by atoms with van der Waals surface area (Å²) in [4.78, 5) is 0. The van der Waals surface area contributed by atoms with Crippen molar-refractivity contribution in [1.82, 2.24) is 0 Å². The van der Waals surface area contributed by atoms with Gasteiger partial charge < -0.3 is 10.1 Å². The van der Waals surface area contributed by atoms with E-state index in [1.54, 1.807) is 19.2 Å². The van der Waals surface area contributed by atoms with Crippen molar-refractivity contribution in [3.05, 3.63) is 24.0 Å². The number of hydrogen-bond acceptors (Lipinski definition) is 2. The molecular formula is C11H16FNO. The molecule has 0 radical (unpaired) electrons. The molecule has 0 aromatic heterocycles. The minimum atomic E-state index is -0.244. The molecule has 0 unspecified atom stereocenters. The first kappa shape index (κ1) is 10.8. The molecule has 0 spiro atoms. The smallest absolute Gasteiger partial charge is 0.146 e. The number of rotatable bonds is 4. The zero-order valence-electron chi connectivity index (χ0n) is 8.80. The molecular weight excluding hydrogens is 181 g/mol. The molecule has 0 atom stereocenters. The van der Waals surface area contributed by atoms with Gasteiger partial charge in [0.25, 0.3) is 0 Å². The van der Waals surface area contributed by atoms with E-state index in [0.29, 0.717) is 17.4 Å². The first-order valence-corrected chi connectivity index (χ1v) is 4.71. The summed E-state index contributed by atoms with van der Waals surface area (Å²) in [7, 11) is 1.57. The highest BCUT2D eigenvalue weighted by molar-refractivity contribution is 5.49. The minimum absolute atomic E-state index is 0.244. The van der Waals surface area contributed by atoms with E-state index in [1.165, 1.54) is 6.07 Å². The molecule has 0 saturated carbocycles. The van der Waals surface area contributed by atoms with Gasteiger partial charge in [-0.2, -0.15) is 0 Å². The molecule has 78 valence electrons. The van der Waals surface area contributed by atoms with Crippen LogP contribution in [0.25, 0.3) is 0 Å². The SMILES string of the molecule is COc1ccc(F)c(NCC(C)C)c1. The highest BCUT2D eigenvalue weighted by Crippen LogP contribution is 2.21. The Hall–Kier alpha value is -1.25. The third-order valence-electron chi connectivity index (χ3n) is 1.87. The second-order valence-corrected chi connectivity index (χ2v) is 3.62. The van der Waals surface area contributed by atoms with Crippen LogP contribution in [0.15, 0.2) is 18.2 Å². The summed E-state index contributed by atoms with van der Waals surface area (Å²) in [5.74, 6) is 0.907. The lowest BCUT2D eigenvalue weighted by atomic mass is 10.2. The van der Waals surface area contributed by atoms with Crippen molar-refractivity contribution in [3.63, 3.8) is 0 Å². The van der Waals surface area contributed by atoms with Crippen LogP contribution in [0.2, 0.25) is 0 Å². The summed E-state index contributed by atoms with van der Waals surface area (Å²) in [6.07, 6.45) is 0. The van der Waals surface area contributed by atoms with E-state index in [4.69, 9.17) is 4.74 Å². The highest BCUT2D eigenvalue weighted by Gasteiger charge is 2.03. The maximum absolute atomic E-state index is 13.2. The maximum atomic E-state index is 13.2. The Balaban J connectivity index is 2.73. The van der Waals surface area contributed by atoms with Crippen molar-refractivity contribution in [3.8, 4) is 5.75 Å². The predicted molar refractivity (Wildman–Crippen MR) is 56.3 cm³/mol. The average molecular weight is 197 g/mol. The van der Waals surface area contributed by atoms with Crippen LogP contribution < -0.4 is 10.1 Å². The molecule has 0 saturated heterocycles. The van der Waals surface area contributed by atoms with Gasteiger partial charge in [0.15, 0.2) is 0 Å². The Labute approximate surface area is 84.1 Å². The third-order valence-corrected chi connectivity index (χ3v) is 1.87. The molecule has 14 heavy (non-hydrogen) atoms. The summed E-state index contributed by atoms with van der Waals surface area (Å²) >= 11 is 0. The lowest BCUT2D eigenvalue weighted by Gasteiger charge is -2.10. The van der Waals surface area contributed by atoms with E-state index < -0.39 is 0 Å². The number of halogens is 1. The number of methoxy groups -OCH3 is 1. The standard InChI is InChI=1S/C11H16FNO/c1-8(2)7-13-11-6-9(14-3)4-5-10(11)12/h4-6,8,13H,7H2,1-3H3. The van der Waals surface area contributed by atoms with Gasteiger partial charge in [0.05, 0.1) is 12.8 Å². The van der Waals surface area contributed by atoms with Crippen molar-refractivity contribution in [2.24, 2.45) is 5.92 Å². The van der Waals surface area contributed by atoms with E-state index in [0.717, 1.165) is 6.54 Å². The Kier molecular flexibility index (Phi) is 3.74. The minimum Gasteiger partial charge on any atom is -0.497 e. The molecule has 0 bridgehead atoms. The summed E-state index contributed by atoms with van der Waals surface area (Å²) in [5, 5.41) is 3.03. The lowest BCUT2D eigenvalue weighted by molar-refractivity contribution is 0.414.